The Balaban J connectivity index is 1.24. The van der Waals surface area contributed by atoms with Gasteiger partial charge in [-0.3, -0.25) is 0 Å². The second-order valence-corrected chi connectivity index (χ2v) is 15.9. The van der Waals surface area contributed by atoms with Gasteiger partial charge in [-0.15, -0.1) is 0 Å². The lowest BCUT2D eigenvalue weighted by Gasteiger charge is -2.54. The van der Waals surface area contributed by atoms with E-state index in [2.05, 4.69) is 149 Å². The second kappa shape index (κ2) is 10.6. The average molecular weight is 656 g/mol. The Morgan fingerprint density at radius 3 is 1.67 bits per heavy atom. The van der Waals surface area contributed by atoms with Gasteiger partial charge in [-0.1, -0.05) is 97.1 Å². The Hall–Kier alpha value is -5.35. The van der Waals surface area contributed by atoms with Crippen molar-refractivity contribution < 1.29 is 0 Å². The van der Waals surface area contributed by atoms with Crippen molar-refractivity contribution >= 4 is 78.9 Å². The molecule has 13 rings (SSSR count). The van der Waals surface area contributed by atoms with Crippen molar-refractivity contribution in [3.63, 3.8) is 0 Å². The maximum absolute atomic E-state index is 6.04. The van der Waals surface area contributed by atoms with Crippen LogP contribution >= 0.6 is 0 Å². The molecule has 2 aliphatic heterocycles. The fourth-order valence-corrected chi connectivity index (χ4v) is 11.7. The zero-order chi connectivity index (χ0) is 33.2. The predicted molar refractivity (Wildman–Crippen MR) is 213 cm³/mol. The quantitative estimate of drug-likeness (QED) is 0.140. The van der Waals surface area contributed by atoms with Crippen molar-refractivity contribution in [3.05, 3.63) is 145 Å². The molecule has 0 atom stereocenters. The molecule has 1 aromatic heterocycles. The van der Waals surface area contributed by atoms with Gasteiger partial charge in [0.05, 0.1) is 16.9 Å². The van der Waals surface area contributed by atoms with Crippen LogP contribution in [0.3, 0.4) is 0 Å². The Morgan fingerprint density at radius 1 is 0.490 bits per heavy atom. The van der Waals surface area contributed by atoms with Gasteiger partial charge in [0.1, 0.15) is 0 Å². The van der Waals surface area contributed by atoms with Crippen molar-refractivity contribution in [2.24, 2.45) is 23.7 Å². The van der Waals surface area contributed by atoms with Crippen molar-refractivity contribution in [3.8, 4) is 0 Å². The lowest BCUT2D eigenvalue weighted by molar-refractivity contribution is -0.00354. The summed E-state index contributed by atoms with van der Waals surface area (Å²) in [6, 6.07) is 51.9. The van der Waals surface area contributed by atoms with Crippen LogP contribution in [0.15, 0.2) is 140 Å². The number of rotatable bonds is 3. The number of aromatic nitrogens is 1. The summed E-state index contributed by atoms with van der Waals surface area (Å²) in [7, 11) is 0. The molecule has 244 valence electrons. The molecule has 4 heteroatoms. The molecule has 51 heavy (non-hydrogen) atoms. The topological polar surface area (TPSA) is 19.4 Å². The molecule has 0 saturated heterocycles. The summed E-state index contributed by atoms with van der Waals surface area (Å²) in [4.78, 5) is 11.1. The fourth-order valence-electron chi connectivity index (χ4n) is 11.7. The van der Waals surface area contributed by atoms with E-state index in [9.17, 15) is 0 Å². The zero-order valence-corrected chi connectivity index (χ0v) is 28.6. The highest BCUT2D eigenvalue weighted by Gasteiger charge is 2.50. The molecule has 0 amide bonds. The highest BCUT2D eigenvalue weighted by atomic mass is 15.2. The summed E-state index contributed by atoms with van der Waals surface area (Å²) >= 11 is 0. The Kier molecular flexibility index (Phi) is 5.89. The van der Waals surface area contributed by atoms with E-state index >= 15 is 0 Å². The molecule has 0 radical (unpaired) electrons. The highest BCUT2D eigenvalue weighted by molar-refractivity contribution is 7.00. The van der Waals surface area contributed by atoms with Crippen LogP contribution < -0.4 is 26.2 Å². The van der Waals surface area contributed by atoms with E-state index in [1.165, 1.54) is 104 Å². The molecule has 6 aromatic carbocycles. The third kappa shape index (κ3) is 3.94. The number of nitrogens with zero attached hydrogens (tertiary/aromatic N) is 3. The van der Waals surface area contributed by atoms with Crippen LogP contribution in [0.5, 0.6) is 0 Å². The van der Waals surface area contributed by atoms with Crippen molar-refractivity contribution in [2.75, 3.05) is 9.80 Å². The Morgan fingerprint density at radius 2 is 1.02 bits per heavy atom. The summed E-state index contributed by atoms with van der Waals surface area (Å²) in [5, 5.41) is 3.93. The van der Waals surface area contributed by atoms with Crippen LogP contribution in [0, 0.1) is 23.7 Å². The lowest BCUT2D eigenvalue weighted by Crippen LogP contribution is -2.61. The number of pyridine rings is 1. The lowest BCUT2D eigenvalue weighted by atomic mass is 9.33. The van der Waals surface area contributed by atoms with E-state index in [1.54, 1.807) is 0 Å². The number of hydrogen-bond donors (Lipinski definition) is 0. The summed E-state index contributed by atoms with van der Waals surface area (Å²) in [6.07, 6.45) is 7.01. The minimum absolute atomic E-state index is 0.0876. The monoisotopic (exact) mass is 655 g/mol. The first kappa shape index (κ1) is 28.4. The van der Waals surface area contributed by atoms with Crippen molar-refractivity contribution in [1.82, 2.24) is 4.98 Å². The molecule has 4 fully saturated rings. The van der Waals surface area contributed by atoms with E-state index in [1.807, 2.05) is 0 Å². The fraction of sp³-hybridized carbons (Fsp3) is 0.213. The average Bonchev–Trinajstić information content (AvgIpc) is 3.18. The van der Waals surface area contributed by atoms with E-state index in [0.29, 0.717) is 5.92 Å². The van der Waals surface area contributed by atoms with Crippen LogP contribution in [-0.2, 0) is 0 Å². The van der Waals surface area contributed by atoms with Gasteiger partial charge >= 0.3 is 0 Å². The third-order valence-corrected chi connectivity index (χ3v) is 13.3. The number of para-hydroxylation sites is 4. The predicted octanol–water partition coefficient (Wildman–Crippen LogP) is 10.0. The van der Waals surface area contributed by atoms with Gasteiger partial charge in [-0.2, -0.15) is 0 Å². The van der Waals surface area contributed by atoms with E-state index in [-0.39, 0.29) is 6.71 Å². The maximum Gasteiger partial charge on any atom is 0.252 e. The number of hydrogen-bond acceptors (Lipinski definition) is 3. The molecule has 0 spiro atoms. The summed E-state index contributed by atoms with van der Waals surface area (Å²) in [5.74, 6) is 3.90. The molecule has 4 bridgehead atoms. The van der Waals surface area contributed by atoms with Crippen LogP contribution in [0.1, 0.15) is 43.7 Å². The largest absolute Gasteiger partial charge is 0.311 e. The molecule has 3 heterocycles. The molecule has 7 aromatic rings. The van der Waals surface area contributed by atoms with Crippen LogP contribution in [-0.4, -0.2) is 11.7 Å². The SMILES string of the molecule is c1ccc(N2c3ccccc3B3c4ccccc4N(c4ccccc4)c4c3c2cc2c4nc(C3C4CC5CC(C4)CC3C5)c3ccccc32)cc1. The summed E-state index contributed by atoms with van der Waals surface area (Å²) < 4.78 is 0. The van der Waals surface area contributed by atoms with E-state index < -0.39 is 0 Å². The minimum atomic E-state index is 0.0876. The zero-order valence-electron chi connectivity index (χ0n) is 28.6. The molecule has 0 unspecified atom stereocenters. The summed E-state index contributed by atoms with van der Waals surface area (Å²) in [5.41, 5.74) is 13.9. The van der Waals surface area contributed by atoms with Gasteiger partial charge in [0.2, 0.25) is 0 Å². The number of anilines is 6. The highest BCUT2D eigenvalue weighted by Crippen LogP contribution is 2.60. The normalized spacial score (nSPS) is 23.8. The van der Waals surface area contributed by atoms with Gasteiger partial charge in [0.15, 0.2) is 0 Å². The molecular formula is C47H38BN3. The first-order valence-electron chi connectivity index (χ1n) is 19.1. The van der Waals surface area contributed by atoms with Crippen molar-refractivity contribution in [2.45, 2.75) is 38.0 Å². The number of fused-ring (bicyclic) bond motifs is 8. The standard InChI is InChI=1S/C47H38BN3/c1-3-13-33(14-4-1)50-40-21-11-9-19-38(40)48-39-20-10-12-22-41(39)51(34-15-5-2-6-16-34)47-44(48)42(50)28-37-35-17-7-8-18-36(35)45(49-46(37)47)43-31-24-29-23-30(26-31)27-32(43)25-29/h1-22,28-32,43H,23-27H2. The molecular weight excluding hydrogens is 617 g/mol. The van der Waals surface area contributed by atoms with Crippen molar-refractivity contribution in [1.29, 1.82) is 0 Å². The smallest absolute Gasteiger partial charge is 0.252 e. The first-order chi connectivity index (χ1) is 25.3. The first-order valence-corrected chi connectivity index (χ1v) is 19.1. The van der Waals surface area contributed by atoms with Gasteiger partial charge in [0, 0.05) is 45.1 Å². The minimum Gasteiger partial charge on any atom is -0.311 e. The van der Waals surface area contributed by atoms with Gasteiger partial charge in [-0.25, -0.2) is 4.98 Å². The Bertz CT molecular complexity index is 2490. The maximum atomic E-state index is 6.04. The molecule has 6 aliphatic rings. The molecule has 4 saturated carbocycles. The molecule has 0 N–H and O–H groups in total. The van der Waals surface area contributed by atoms with Crippen LogP contribution in [0.4, 0.5) is 34.1 Å². The number of benzene rings is 6. The van der Waals surface area contributed by atoms with E-state index in [4.69, 9.17) is 4.98 Å². The van der Waals surface area contributed by atoms with E-state index in [0.717, 1.165) is 29.2 Å². The van der Waals surface area contributed by atoms with Crippen LogP contribution in [0.25, 0.3) is 21.7 Å². The van der Waals surface area contributed by atoms with Gasteiger partial charge in [0.25, 0.3) is 6.71 Å². The van der Waals surface area contributed by atoms with Gasteiger partial charge < -0.3 is 9.80 Å². The van der Waals surface area contributed by atoms with Crippen LogP contribution in [0.2, 0.25) is 0 Å². The van der Waals surface area contributed by atoms with Gasteiger partial charge in [-0.05, 0) is 120 Å². The second-order valence-electron chi connectivity index (χ2n) is 15.9. The third-order valence-electron chi connectivity index (χ3n) is 13.3. The molecule has 4 aliphatic carbocycles. The summed E-state index contributed by atoms with van der Waals surface area (Å²) in [6.45, 7) is 0.0876. The Labute approximate surface area is 299 Å². The molecule has 3 nitrogen and oxygen atoms in total.